The van der Waals surface area contributed by atoms with Gasteiger partial charge in [0.05, 0.1) is 12.3 Å². The van der Waals surface area contributed by atoms with Crippen molar-refractivity contribution in [3.05, 3.63) is 60.1 Å². The van der Waals surface area contributed by atoms with Crippen LogP contribution in [-0.2, 0) is 0 Å². The number of nitrogens with one attached hydrogen (secondary N) is 1. The maximum absolute atomic E-state index is 9.12. The van der Waals surface area contributed by atoms with Crippen LogP contribution in [0.5, 0.6) is 0 Å². The summed E-state index contributed by atoms with van der Waals surface area (Å²) in [5.41, 5.74) is 1.17. The molecule has 0 saturated carbocycles. The first-order chi connectivity index (χ1) is 9.35. The fraction of sp³-hybridized carbons (Fsp3) is 0.375. The highest BCUT2D eigenvalue weighted by Crippen LogP contribution is 2.23. The van der Waals surface area contributed by atoms with Gasteiger partial charge in [-0.3, -0.25) is 0 Å². The van der Waals surface area contributed by atoms with Gasteiger partial charge in [0.1, 0.15) is 5.76 Å². The summed E-state index contributed by atoms with van der Waals surface area (Å²) < 4.78 is 5.55. The topological polar surface area (TPSA) is 45.4 Å². The van der Waals surface area contributed by atoms with E-state index in [4.69, 9.17) is 9.52 Å². The lowest BCUT2D eigenvalue weighted by molar-refractivity contribution is 0.255. The molecule has 2 aromatic rings. The molecule has 0 fully saturated rings. The molecular formula is C16H21NO2. The van der Waals surface area contributed by atoms with E-state index in [1.165, 1.54) is 5.56 Å². The second kappa shape index (κ2) is 7.12. The molecule has 102 valence electrons. The lowest BCUT2D eigenvalue weighted by Crippen LogP contribution is -2.33. The molecule has 2 atom stereocenters. The van der Waals surface area contributed by atoms with Crippen molar-refractivity contribution in [2.75, 3.05) is 6.61 Å². The summed E-state index contributed by atoms with van der Waals surface area (Å²) >= 11 is 0. The molecule has 0 spiro atoms. The van der Waals surface area contributed by atoms with E-state index in [1.807, 2.05) is 30.3 Å². The molecule has 19 heavy (non-hydrogen) atoms. The third kappa shape index (κ3) is 3.69. The molecule has 1 heterocycles. The second-order valence-corrected chi connectivity index (χ2v) is 4.64. The van der Waals surface area contributed by atoms with Gasteiger partial charge in [-0.15, -0.1) is 0 Å². The summed E-state index contributed by atoms with van der Waals surface area (Å²) in [6.07, 6.45) is 3.42. The first kappa shape index (κ1) is 13.8. The van der Waals surface area contributed by atoms with Crippen molar-refractivity contribution in [2.24, 2.45) is 0 Å². The van der Waals surface area contributed by atoms with Crippen LogP contribution in [0.1, 0.15) is 37.1 Å². The average molecular weight is 259 g/mol. The number of rotatable bonds is 7. The molecule has 0 amide bonds. The molecule has 0 aliphatic heterocycles. The Bertz CT molecular complexity index is 453. The normalized spacial score (nSPS) is 14.2. The van der Waals surface area contributed by atoms with Gasteiger partial charge in [0.15, 0.2) is 0 Å². The van der Waals surface area contributed by atoms with Crippen LogP contribution in [0.25, 0.3) is 0 Å². The summed E-state index contributed by atoms with van der Waals surface area (Å²) in [5.74, 6) is 0.905. The van der Waals surface area contributed by atoms with E-state index in [0.717, 1.165) is 18.6 Å². The van der Waals surface area contributed by atoms with Crippen LogP contribution in [0.15, 0.2) is 53.1 Å². The molecule has 0 bridgehead atoms. The molecule has 0 saturated heterocycles. The molecular weight excluding hydrogens is 238 g/mol. The van der Waals surface area contributed by atoms with Crippen LogP contribution >= 0.6 is 0 Å². The highest BCUT2D eigenvalue weighted by molar-refractivity contribution is 5.26. The quantitative estimate of drug-likeness (QED) is 0.803. The number of furan rings is 1. The monoisotopic (exact) mass is 259 g/mol. The van der Waals surface area contributed by atoms with Crippen molar-refractivity contribution < 1.29 is 9.52 Å². The smallest absolute Gasteiger partial charge is 0.125 e. The van der Waals surface area contributed by atoms with Crippen molar-refractivity contribution in [3.63, 3.8) is 0 Å². The van der Waals surface area contributed by atoms with E-state index in [9.17, 15) is 0 Å². The minimum absolute atomic E-state index is 0.0349. The van der Waals surface area contributed by atoms with E-state index < -0.39 is 0 Å². The maximum atomic E-state index is 9.12. The third-order valence-electron chi connectivity index (χ3n) is 3.33. The first-order valence-electron chi connectivity index (χ1n) is 6.80. The van der Waals surface area contributed by atoms with Gasteiger partial charge >= 0.3 is 0 Å². The summed E-state index contributed by atoms with van der Waals surface area (Å²) in [7, 11) is 0. The number of aliphatic hydroxyl groups excluding tert-OH is 1. The third-order valence-corrected chi connectivity index (χ3v) is 3.33. The van der Waals surface area contributed by atoms with Gasteiger partial charge < -0.3 is 14.8 Å². The molecule has 2 N–H and O–H groups in total. The Balaban J connectivity index is 2.20. The van der Waals surface area contributed by atoms with E-state index in [0.29, 0.717) is 0 Å². The predicted molar refractivity (Wildman–Crippen MR) is 75.9 cm³/mol. The maximum Gasteiger partial charge on any atom is 0.125 e. The van der Waals surface area contributed by atoms with E-state index in [-0.39, 0.29) is 18.7 Å². The molecule has 0 aliphatic carbocycles. The van der Waals surface area contributed by atoms with Crippen molar-refractivity contribution in [1.29, 1.82) is 0 Å². The predicted octanol–water partition coefficient (Wildman–Crippen LogP) is 3.12. The zero-order chi connectivity index (χ0) is 13.5. The molecule has 1 aromatic heterocycles. The van der Waals surface area contributed by atoms with Gasteiger partial charge in [-0.2, -0.15) is 0 Å². The SMILES string of the molecule is CCC(CCO)NC(c1ccccc1)c1ccco1. The van der Waals surface area contributed by atoms with Gasteiger partial charge in [-0.25, -0.2) is 0 Å². The zero-order valence-electron chi connectivity index (χ0n) is 11.3. The number of aliphatic hydroxyl groups is 1. The highest BCUT2D eigenvalue weighted by Gasteiger charge is 2.19. The summed E-state index contributed by atoms with van der Waals surface area (Å²) in [4.78, 5) is 0. The Labute approximate surface area is 114 Å². The number of hydrogen-bond donors (Lipinski definition) is 2. The Morgan fingerprint density at radius 3 is 2.53 bits per heavy atom. The number of hydrogen-bond acceptors (Lipinski definition) is 3. The van der Waals surface area contributed by atoms with Gasteiger partial charge in [-0.1, -0.05) is 37.3 Å². The molecule has 1 aromatic carbocycles. The van der Waals surface area contributed by atoms with Crippen LogP contribution in [0.3, 0.4) is 0 Å². The minimum Gasteiger partial charge on any atom is -0.467 e. The van der Waals surface area contributed by atoms with Crippen LogP contribution in [0.4, 0.5) is 0 Å². The van der Waals surface area contributed by atoms with E-state index in [2.05, 4.69) is 24.4 Å². The highest BCUT2D eigenvalue weighted by atomic mass is 16.3. The molecule has 3 heteroatoms. The van der Waals surface area contributed by atoms with Crippen molar-refractivity contribution >= 4 is 0 Å². The minimum atomic E-state index is 0.0349. The van der Waals surface area contributed by atoms with Crippen LogP contribution < -0.4 is 5.32 Å². The van der Waals surface area contributed by atoms with E-state index >= 15 is 0 Å². The average Bonchev–Trinajstić information content (AvgIpc) is 2.98. The van der Waals surface area contributed by atoms with Gasteiger partial charge in [0.2, 0.25) is 0 Å². The first-order valence-corrected chi connectivity index (χ1v) is 6.80. The molecule has 0 radical (unpaired) electrons. The standard InChI is InChI=1S/C16H21NO2/c1-2-14(10-11-18)17-16(15-9-6-12-19-15)13-7-4-3-5-8-13/h3-9,12,14,16-18H,2,10-11H2,1H3. The largest absolute Gasteiger partial charge is 0.467 e. The second-order valence-electron chi connectivity index (χ2n) is 4.64. The fourth-order valence-electron chi connectivity index (χ4n) is 2.24. The zero-order valence-corrected chi connectivity index (χ0v) is 11.3. The van der Waals surface area contributed by atoms with Crippen LogP contribution in [0.2, 0.25) is 0 Å². The molecule has 2 unspecified atom stereocenters. The lowest BCUT2D eigenvalue weighted by atomic mass is 10.0. The Morgan fingerprint density at radius 1 is 1.16 bits per heavy atom. The van der Waals surface area contributed by atoms with Crippen molar-refractivity contribution in [2.45, 2.75) is 31.8 Å². The fourth-order valence-corrected chi connectivity index (χ4v) is 2.24. The summed E-state index contributed by atoms with van der Waals surface area (Å²) in [5, 5.41) is 12.7. The van der Waals surface area contributed by atoms with Gasteiger partial charge in [0, 0.05) is 12.6 Å². The Morgan fingerprint density at radius 2 is 1.95 bits per heavy atom. The lowest BCUT2D eigenvalue weighted by Gasteiger charge is -2.23. The number of benzene rings is 1. The van der Waals surface area contributed by atoms with Gasteiger partial charge in [-0.05, 0) is 30.5 Å². The van der Waals surface area contributed by atoms with Crippen LogP contribution in [-0.4, -0.2) is 17.8 Å². The van der Waals surface area contributed by atoms with Crippen molar-refractivity contribution in [3.8, 4) is 0 Å². The van der Waals surface area contributed by atoms with Crippen LogP contribution in [0, 0.1) is 0 Å². The summed E-state index contributed by atoms with van der Waals surface area (Å²) in [6, 6.07) is 14.4. The van der Waals surface area contributed by atoms with E-state index in [1.54, 1.807) is 6.26 Å². The van der Waals surface area contributed by atoms with Crippen molar-refractivity contribution in [1.82, 2.24) is 5.32 Å². The summed E-state index contributed by atoms with van der Waals surface area (Å²) in [6.45, 7) is 2.32. The molecule has 3 nitrogen and oxygen atoms in total. The molecule has 0 aliphatic rings. The van der Waals surface area contributed by atoms with Gasteiger partial charge in [0.25, 0.3) is 0 Å². The molecule has 2 rings (SSSR count). The Kier molecular flexibility index (Phi) is 5.19. The Hall–Kier alpha value is -1.58.